The minimum Gasteiger partial charge on any atom is -0.483 e. The summed E-state index contributed by atoms with van der Waals surface area (Å²) in [6.45, 7) is 2.62. The molecule has 2 fully saturated rings. The maximum Gasteiger partial charge on any atom is 0.325 e. The van der Waals surface area contributed by atoms with E-state index in [1.807, 2.05) is 4.90 Å². The summed E-state index contributed by atoms with van der Waals surface area (Å²) in [6.07, 6.45) is 8.07. The lowest BCUT2D eigenvalue weighted by Crippen LogP contribution is -2.34. The molecule has 2 aliphatic heterocycles. The highest BCUT2D eigenvalue weighted by Gasteiger charge is 2.37. The van der Waals surface area contributed by atoms with Crippen LogP contribution in [0.2, 0.25) is 0 Å². The number of carboxylic acid groups (broad SMARTS) is 2. The average molecular weight is 514 g/mol. The molecule has 0 bridgehead atoms. The summed E-state index contributed by atoms with van der Waals surface area (Å²) in [4.78, 5) is 27.3. The smallest absolute Gasteiger partial charge is 0.325 e. The highest BCUT2D eigenvalue weighted by molar-refractivity contribution is 5.76. The van der Waals surface area contributed by atoms with E-state index >= 15 is 0 Å². The molecule has 1 aromatic heterocycles. The van der Waals surface area contributed by atoms with Gasteiger partial charge in [-0.3, -0.25) is 14.5 Å². The third-order valence-electron chi connectivity index (χ3n) is 7.27. The normalized spacial score (nSPS) is 19.8. The number of nitrogens with zero attached hydrogens (tertiary/aromatic N) is 2. The van der Waals surface area contributed by atoms with Crippen molar-refractivity contribution in [3.05, 3.63) is 58.5 Å². The van der Waals surface area contributed by atoms with Crippen LogP contribution in [0.15, 0.2) is 30.3 Å². The van der Waals surface area contributed by atoms with Crippen molar-refractivity contribution in [2.75, 3.05) is 31.6 Å². The lowest BCUT2D eigenvalue weighted by molar-refractivity contribution is -0.143. The van der Waals surface area contributed by atoms with Crippen molar-refractivity contribution in [3.8, 4) is 0 Å². The minimum absolute atomic E-state index is 0.0193. The molecule has 0 radical (unpaired) electrons. The summed E-state index contributed by atoms with van der Waals surface area (Å²) in [5.74, 6) is 0.122. The summed E-state index contributed by atoms with van der Waals surface area (Å²) < 4.78 is 20.1. The van der Waals surface area contributed by atoms with Gasteiger partial charge >= 0.3 is 5.97 Å². The lowest BCUT2D eigenvalue weighted by Gasteiger charge is -2.26. The quantitative estimate of drug-likeness (QED) is 0.317. The zero-order valence-electron chi connectivity index (χ0n) is 21.1. The van der Waals surface area contributed by atoms with Crippen LogP contribution >= 0.6 is 0 Å². The number of hydrogen-bond acceptors (Lipinski definition) is 6. The van der Waals surface area contributed by atoms with Crippen molar-refractivity contribution in [1.82, 2.24) is 9.88 Å². The van der Waals surface area contributed by atoms with Gasteiger partial charge in [-0.05, 0) is 92.2 Å². The standard InChI is InChI=1S/C27H34FN3O3.CH2O2/c28-20-9-11-23(18-6-7-18)24(16-20)25(27(32)33)31-14-12-22(17-31)34-15-2-1-5-21-10-8-19-4-3-13-29-26(19)30-21;2-1-3/h8-11,16,18,22,25H,1-7,12-15,17H2,(H,29,30)(H,32,33);1H,(H,2,3)/t22-,25?;/m1./s1. The number of nitrogens with one attached hydrogen (secondary N) is 1. The van der Waals surface area contributed by atoms with Gasteiger partial charge in [-0.25, -0.2) is 9.37 Å². The fraction of sp³-hybridized carbons (Fsp3) is 0.536. The highest BCUT2D eigenvalue weighted by Crippen LogP contribution is 2.44. The largest absolute Gasteiger partial charge is 0.483 e. The minimum atomic E-state index is -0.916. The van der Waals surface area contributed by atoms with Gasteiger partial charge in [-0.1, -0.05) is 12.1 Å². The number of ether oxygens (including phenoxy) is 1. The number of aromatic nitrogens is 1. The van der Waals surface area contributed by atoms with Crippen LogP contribution in [0.5, 0.6) is 0 Å². The van der Waals surface area contributed by atoms with Crippen molar-refractivity contribution < 1.29 is 28.9 Å². The van der Waals surface area contributed by atoms with Gasteiger partial charge < -0.3 is 20.3 Å². The third-order valence-corrected chi connectivity index (χ3v) is 7.27. The predicted molar refractivity (Wildman–Crippen MR) is 137 cm³/mol. The Hall–Kier alpha value is -3.04. The van der Waals surface area contributed by atoms with Gasteiger partial charge in [0.25, 0.3) is 6.47 Å². The first-order valence-corrected chi connectivity index (χ1v) is 13.2. The number of aliphatic carboxylic acids is 1. The van der Waals surface area contributed by atoms with Gasteiger partial charge in [0.2, 0.25) is 0 Å². The van der Waals surface area contributed by atoms with E-state index in [2.05, 4.69) is 17.4 Å². The predicted octanol–water partition coefficient (Wildman–Crippen LogP) is 4.40. The third kappa shape index (κ3) is 7.26. The van der Waals surface area contributed by atoms with E-state index in [-0.39, 0.29) is 18.4 Å². The molecule has 1 unspecified atom stereocenters. The highest BCUT2D eigenvalue weighted by atomic mass is 19.1. The molecule has 0 spiro atoms. The summed E-state index contributed by atoms with van der Waals surface area (Å²) in [5, 5.41) is 20.3. The number of fused-ring (bicyclic) bond motifs is 1. The number of rotatable bonds is 10. The summed E-state index contributed by atoms with van der Waals surface area (Å²) in [5.41, 5.74) is 4.03. The molecule has 1 aromatic carbocycles. The number of likely N-dealkylation sites (tertiary alicyclic amines) is 1. The molecule has 2 aromatic rings. The van der Waals surface area contributed by atoms with Crippen molar-refractivity contribution >= 4 is 18.3 Å². The molecule has 37 heavy (non-hydrogen) atoms. The number of carboxylic acids is 1. The summed E-state index contributed by atoms with van der Waals surface area (Å²) >= 11 is 0. The Kier molecular flexibility index (Phi) is 9.46. The van der Waals surface area contributed by atoms with Crippen LogP contribution in [0, 0.1) is 5.82 Å². The second-order valence-electron chi connectivity index (χ2n) is 9.97. The van der Waals surface area contributed by atoms with Crippen LogP contribution in [0.3, 0.4) is 0 Å². The molecule has 1 saturated carbocycles. The van der Waals surface area contributed by atoms with E-state index in [1.54, 1.807) is 6.07 Å². The zero-order valence-corrected chi connectivity index (χ0v) is 21.1. The molecule has 3 heterocycles. The topological polar surface area (TPSA) is 112 Å². The van der Waals surface area contributed by atoms with E-state index in [9.17, 15) is 14.3 Å². The van der Waals surface area contributed by atoms with Gasteiger partial charge in [-0.15, -0.1) is 0 Å². The molecular weight excluding hydrogens is 477 g/mol. The van der Waals surface area contributed by atoms with Crippen LogP contribution < -0.4 is 5.32 Å². The number of halogens is 1. The first-order chi connectivity index (χ1) is 18.0. The van der Waals surface area contributed by atoms with Crippen molar-refractivity contribution in [3.63, 3.8) is 0 Å². The van der Waals surface area contributed by atoms with Crippen LogP contribution in [-0.4, -0.2) is 64.9 Å². The van der Waals surface area contributed by atoms with Crippen molar-refractivity contribution in [1.29, 1.82) is 0 Å². The van der Waals surface area contributed by atoms with E-state index < -0.39 is 12.0 Å². The number of carbonyl (C=O) groups is 2. The molecule has 3 aliphatic rings. The number of anilines is 1. The van der Waals surface area contributed by atoms with Gasteiger partial charge in [0.05, 0.1) is 6.10 Å². The zero-order chi connectivity index (χ0) is 26.2. The molecule has 1 saturated heterocycles. The Morgan fingerprint density at radius 3 is 2.81 bits per heavy atom. The first kappa shape index (κ1) is 27.0. The van der Waals surface area contributed by atoms with Gasteiger partial charge in [0, 0.05) is 31.9 Å². The van der Waals surface area contributed by atoms with Gasteiger partial charge in [-0.2, -0.15) is 0 Å². The molecule has 1 aliphatic carbocycles. The molecule has 9 heteroatoms. The Bertz CT molecular complexity index is 1080. The Labute approximate surface area is 216 Å². The number of benzene rings is 1. The Morgan fingerprint density at radius 2 is 2.05 bits per heavy atom. The molecule has 3 N–H and O–H groups in total. The SMILES string of the molecule is O=C(O)C(c1cc(F)ccc1C1CC1)N1CC[C@@H](OCCCCc2ccc3c(n2)NCCC3)C1.O=CO. The van der Waals surface area contributed by atoms with Crippen molar-refractivity contribution in [2.24, 2.45) is 0 Å². The summed E-state index contributed by atoms with van der Waals surface area (Å²) in [6, 6.07) is 8.15. The Balaban J connectivity index is 0.00000102. The number of aryl methyl sites for hydroxylation is 2. The van der Waals surface area contributed by atoms with Crippen LogP contribution in [0.4, 0.5) is 10.2 Å². The van der Waals surface area contributed by atoms with Crippen LogP contribution in [-0.2, 0) is 27.2 Å². The number of unbranched alkanes of at least 4 members (excludes halogenated alkanes) is 1. The fourth-order valence-electron chi connectivity index (χ4n) is 5.33. The van der Waals surface area contributed by atoms with E-state index in [0.717, 1.165) is 68.6 Å². The number of hydrogen-bond donors (Lipinski definition) is 3. The lowest BCUT2D eigenvalue weighted by atomic mass is 9.96. The fourth-order valence-corrected chi connectivity index (χ4v) is 5.33. The average Bonchev–Trinajstić information content (AvgIpc) is 3.63. The van der Waals surface area contributed by atoms with Gasteiger partial charge in [0.15, 0.2) is 0 Å². The molecule has 8 nitrogen and oxygen atoms in total. The van der Waals surface area contributed by atoms with E-state index in [4.69, 9.17) is 19.6 Å². The van der Waals surface area contributed by atoms with Crippen LogP contribution in [0.25, 0.3) is 0 Å². The van der Waals surface area contributed by atoms with E-state index in [1.165, 1.54) is 24.1 Å². The van der Waals surface area contributed by atoms with Gasteiger partial charge in [0.1, 0.15) is 17.7 Å². The Morgan fingerprint density at radius 1 is 1.24 bits per heavy atom. The monoisotopic (exact) mass is 513 g/mol. The van der Waals surface area contributed by atoms with E-state index in [0.29, 0.717) is 31.2 Å². The maximum absolute atomic E-state index is 14.0. The molecule has 200 valence electrons. The summed E-state index contributed by atoms with van der Waals surface area (Å²) in [7, 11) is 0. The first-order valence-electron chi connectivity index (χ1n) is 13.2. The van der Waals surface area contributed by atoms with Crippen LogP contribution in [0.1, 0.15) is 72.9 Å². The van der Waals surface area contributed by atoms with Crippen molar-refractivity contribution in [2.45, 2.75) is 69.4 Å². The molecular formula is C28H36FN3O5. The maximum atomic E-state index is 14.0. The molecule has 2 atom stereocenters. The molecule has 5 rings (SSSR count). The second-order valence-corrected chi connectivity index (χ2v) is 9.97. The number of pyridine rings is 1. The second kappa shape index (κ2) is 13.0. The molecule has 0 amide bonds.